The molecular formula is C9H8BrNO2S. The Morgan fingerprint density at radius 2 is 2.14 bits per heavy atom. The van der Waals surface area contributed by atoms with Crippen LogP contribution in [0.4, 0.5) is 0 Å². The first-order chi connectivity index (χ1) is 6.57. The van der Waals surface area contributed by atoms with E-state index < -0.39 is 10.0 Å². The summed E-state index contributed by atoms with van der Waals surface area (Å²) >= 11 is 3.33. The molecule has 0 aliphatic carbocycles. The maximum Gasteiger partial charge on any atom is 0.253 e. The van der Waals surface area contributed by atoms with Crippen LogP contribution in [0.15, 0.2) is 33.1 Å². The fourth-order valence-electron chi connectivity index (χ4n) is 1.35. The average molecular weight is 274 g/mol. The van der Waals surface area contributed by atoms with Crippen molar-refractivity contribution in [1.29, 1.82) is 0 Å². The Hall–Kier alpha value is -0.680. The molecule has 3 nitrogen and oxygen atoms in total. The highest BCUT2D eigenvalue weighted by molar-refractivity contribution is 9.10. The third-order valence-corrected chi connectivity index (χ3v) is 3.72. The normalized spacial score (nSPS) is 19.4. The second-order valence-electron chi connectivity index (χ2n) is 3.08. The second-order valence-corrected chi connectivity index (χ2v) is 5.75. The largest absolute Gasteiger partial charge is 0.253 e. The van der Waals surface area contributed by atoms with E-state index in [0.29, 0.717) is 12.1 Å². The van der Waals surface area contributed by atoms with E-state index >= 15 is 0 Å². The van der Waals surface area contributed by atoms with Crippen LogP contribution < -0.4 is 0 Å². The standard InChI is InChI=1S/C9H8BrNO2S/c10-8-3-1-2-7(6-8)9-4-5-14(12,13)11-9/h1-3,6H,4-5H2. The monoisotopic (exact) mass is 273 g/mol. The fraction of sp³-hybridized carbons (Fsp3) is 0.222. The predicted molar refractivity (Wildman–Crippen MR) is 59.1 cm³/mol. The zero-order valence-electron chi connectivity index (χ0n) is 7.27. The number of sulfonamides is 1. The molecule has 0 aromatic heterocycles. The van der Waals surface area contributed by atoms with Gasteiger partial charge in [0.1, 0.15) is 0 Å². The molecule has 0 N–H and O–H groups in total. The number of hydrogen-bond donors (Lipinski definition) is 0. The first-order valence-corrected chi connectivity index (χ1v) is 6.54. The topological polar surface area (TPSA) is 46.5 Å². The Kier molecular flexibility index (Phi) is 2.45. The van der Waals surface area contributed by atoms with Gasteiger partial charge in [0.15, 0.2) is 0 Å². The van der Waals surface area contributed by atoms with Crippen molar-refractivity contribution in [1.82, 2.24) is 0 Å². The van der Waals surface area contributed by atoms with Crippen molar-refractivity contribution in [2.75, 3.05) is 5.75 Å². The molecule has 74 valence electrons. The fourth-order valence-corrected chi connectivity index (χ4v) is 2.82. The second kappa shape index (κ2) is 3.47. The molecule has 0 bridgehead atoms. The summed E-state index contributed by atoms with van der Waals surface area (Å²) in [5.41, 5.74) is 1.53. The van der Waals surface area contributed by atoms with Gasteiger partial charge in [-0.15, -0.1) is 0 Å². The van der Waals surface area contributed by atoms with E-state index in [1.165, 1.54) is 0 Å². The van der Waals surface area contributed by atoms with Gasteiger partial charge in [-0.1, -0.05) is 28.1 Å². The molecule has 0 unspecified atom stereocenters. The number of nitrogens with zero attached hydrogens (tertiary/aromatic N) is 1. The number of hydrogen-bond acceptors (Lipinski definition) is 2. The van der Waals surface area contributed by atoms with E-state index in [1.54, 1.807) is 0 Å². The third-order valence-electron chi connectivity index (χ3n) is 2.00. The Morgan fingerprint density at radius 1 is 1.36 bits per heavy atom. The van der Waals surface area contributed by atoms with Crippen LogP contribution in [-0.2, 0) is 10.0 Å². The molecule has 0 fully saturated rings. The summed E-state index contributed by atoms with van der Waals surface area (Å²) in [5, 5.41) is 0. The summed E-state index contributed by atoms with van der Waals surface area (Å²) in [7, 11) is -3.18. The van der Waals surface area contributed by atoms with Crippen molar-refractivity contribution in [2.45, 2.75) is 6.42 Å². The lowest BCUT2D eigenvalue weighted by molar-refractivity contribution is 0.600. The van der Waals surface area contributed by atoms with Crippen LogP contribution in [0.25, 0.3) is 0 Å². The van der Waals surface area contributed by atoms with Gasteiger partial charge in [-0.3, -0.25) is 0 Å². The molecular weight excluding hydrogens is 266 g/mol. The first-order valence-electron chi connectivity index (χ1n) is 4.14. The van der Waals surface area contributed by atoms with Gasteiger partial charge in [-0.25, -0.2) is 8.42 Å². The minimum Gasteiger partial charge on any atom is -0.205 e. The maximum absolute atomic E-state index is 11.1. The summed E-state index contributed by atoms with van der Waals surface area (Å²) in [6.45, 7) is 0. The highest BCUT2D eigenvalue weighted by Crippen LogP contribution is 2.18. The lowest BCUT2D eigenvalue weighted by Crippen LogP contribution is -1.96. The molecule has 1 aromatic carbocycles. The van der Waals surface area contributed by atoms with Crippen molar-refractivity contribution in [3.05, 3.63) is 34.3 Å². The Bertz CT molecular complexity index is 493. The number of benzene rings is 1. The van der Waals surface area contributed by atoms with Crippen LogP contribution in [0, 0.1) is 0 Å². The zero-order valence-corrected chi connectivity index (χ0v) is 9.68. The van der Waals surface area contributed by atoms with Gasteiger partial charge in [0.25, 0.3) is 10.0 Å². The summed E-state index contributed by atoms with van der Waals surface area (Å²) < 4.78 is 26.8. The van der Waals surface area contributed by atoms with Gasteiger partial charge in [-0.2, -0.15) is 4.40 Å². The molecule has 1 heterocycles. The van der Waals surface area contributed by atoms with Crippen molar-refractivity contribution in [2.24, 2.45) is 4.40 Å². The molecule has 0 saturated carbocycles. The summed E-state index contributed by atoms with van der Waals surface area (Å²) in [6, 6.07) is 7.50. The molecule has 0 atom stereocenters. The molecule has 0 amide bonds. The van der Waals surface area contributed by atoms with Gasteiger partial charge in [0.05, 0.1) is 11.5 Å². The van der Waals surface area contributed by atoms with E-state index in [-0.39, 0.29) is 5.75 Å². The predicted octanol–water partition coefficient (Wildman–Crippen LogP) is 1.97. The first kappa shape index (κ1) is 9.86. The van der Waals surface area contributed by atoms with Crippen molar-refractivity contribution in [3.63, 3.8) is 0 Å². The van der Waals surface area contributed by atoms with Crippen molar-refractivity contribution >= 4 is 31.7 Å². The van der Waals surface area contributed by atoms with Gasteiger partial charge < -0.3 is 0 Å². The number of rotatable bonds is 1. The zero-order chi connectivity index (χ0) is 10.2. The van der Waals surface area contributed by atoms with Crippen LogP contribution in [-0.4, -0.2) is 19.9 Å². The minimum absolute atomic E-state index is 0.134. The Morgan fingerprint density at radius 3 is 2.71 bits per heavy atom. The molecule has 2 rings (SSSR count). The average Bonchev–Trinajstić information content (AvgIpc) is 2.46. The van der Waals surface area contributed by atoms with Crippen LogP contribution in [0.2, 0.25) is 0 Å². The SMILES string of the molecule is O=S1(=O)CCC(c2cccc(Br)c2)=N1. The van der Waals surface area contributed by atoms with Crippen molar-refractivity contribution in [3.8, 4) is 0 Å². The molecule has 0 saturated heterocycles. The Balaban J connectivity index is 2.43. The highest BCUT2D eigenvalue weighted by Gasteiger charge is 2.20. The molecule has 1 aromatic rings. The lowest BCUT2D eigenvalue weighted by atomic mass is 10.1. The van der Waals surface area contributed by atoms with Crippen molar-refractivity contribution < 1.29 is 8.42 Å². The smallest absolute Gasteiger partial charge is 0.205 e. The molecule has 0 spiro atoms. The third kappa shape index (κ3) is 2.04. The van der Waals surface area contributed by atoms with Gasteiger partial charge in [-0.05, 0) is 17.7 Å². The summed E-state index contributed by atoms with van der Waals surface area (Å²) in [6.07, 6.45) is 0.513. The molecule has 0 radical (unpaired) electrons. The molecule has 5 heteroatoms. The lowest BCUT2D eigenvalue weighted by Gasteiger charge is -1.98. The molecule has 1 aliphatic heterocycles. The molecule has 14 heavy (non-hydrogen) atoms. The van der Waals surface area contributed by atoms with Crippen LogP contribution in [0.5, 0.6) is 0 Å². The van der Waals surface area contributed by atoms with Crippen LogP contribution in [0.3, 0.4) is 0 Å². The quantitative estimate of drug-likeness (QED) is 0.786. The van der Waals surface area contributed by atoms with E-state index in [2.05, 4.69) is 20.3 Å². The van der Waals surface area contributed by atoms with Gasteiger partial charge >= 0.3 is 0 Å². The minimum atomic E-state index is -3.18. The number of halogens is 1. The highest BCUT2D eigenvalue weighted by atomic mass is 79.9. The maximum atomic E-state index is 11.1. The molecule has 1 aliphatic rings. The summed E-state index contributed by atoms with van der Waals surface area (Å²) in [5.74, 6) is 0.134. The van der Waals surface area contributed by atoms with Crippen LogP contribution in [0.1, 0.15) is 12.0 Å². The van der Waals surface area contributed by atoms with Crippen LogP contribution >= 0.6 is 15.9 Å². The van der Waals surface area contributed by atoms with E-state index in [0.717, 1.165) is 10.0 Å². The Labute approximate surface area is 91.0 Å². The van der Waals surface area contributed by atoms with E-state index in [1.807, 2.05) is 24.3 Å². The van der Waals surface area contributed by atoms with E-state index in [4.69, 9.17) is 0 Å². The van der Waals surface area contributed by atoms with E-state index in [9.17, 15) is 8.42 Å². The van der Waals surface area contributed by atoms with Gasteiger partial charge in [0, 0.05) is 10.9 Å². The van der Waals surface area contributed by atoms with Gasteiger partial charge in [0.2, 0.25) is 0 Å². The summed E-state index contributed by atoms with van der Waals surface area (Å²) in [4.78, 5) is 0.